The van der Waals surface area contributed by atoms with Crippen molar-refractivity contribution >= 4 is 58.2 Å². The van der Waals surface area contributed by atoms with Crippen molar-refractivity contribution in [1.29, 1.82) is 0 Å². The Labute approximate surface area is 136 Å². The third-order valence-electron chi connectivity index (χ3n) is 2.30. The second-order valence-electron chi connectivity index (χ2n) is 3.95. The lowest BCUT2D eigenvalue weighted by molar-refractivity contribution is -0.115. The predicted molar refractivity (Wildman–Crippen MR) is 88.6 cm³/mol. The van der Waals surface area contributed by atoms with Crippen molar-refractivity contribution in [2.75, 3.05) is 5.32 Å². The lowest BCUT2D eigenvalue weighted by Gasteiger charge is -2.08. The van der Waals surface area contributed by atoms with Gasteiger partial charge in [-0.1, -0.05) is 23.2 Å². The summed E-state index contributed by atoms with van der Waals surface area (Å²) in [5.41, 5.74) is 0.591. The third kappa shape index (κ3) is 5.23. The van der Waals surface area contributed by atoms with Crippen LogP contribution in [-0.4, -0.2) is 11.0 Å². The molecule has 0 saturated heterocycles. The van der Waals surface area contributed by atoms with Gasteiger partial charge in [-0.25, -0.2) is 0 Å². The summed E-state index contributed by atoms with van der Waals surface area (Å²) in [5.74, 6) is 0.197. The van der Waals surface area contributed by atoms with Gasteiger partial charge < -0.3 is 9.73 Å². The zero-order valence-electron chi connectivity index (χ0n) is 10.6. The summed E-state index contributed by atoms with van der Waals surface area (Å²) in [4.78, 5) is 11.7. The van der Waals surface area contributed by atoms with Crippen LogP contribution in [0.15, 0.2) is 47.1 Å². The van der Waals surface area contributed by atoms with Gasteiger partial charge in [0.2, 0.25) is 5.91 Å². The maximum absolute atomic E-state index is 11.7. The third-order valence-corrected chi connectivity index (χ3v) is 2.94. The van der Waals surface area contributed by atoms with Crippen LogP contribution in [0.25, 0.3) is 6.08 Å². The Hall–Kier alpha value is -1.82. The predicted octanol–water partition coefficient (Wildman–Crippen LogP) is 4.11. The molecule has 0 bridgehead atoms. The van der Waals surface area contributed by atoms with Crippen molar-refractivity contribution in [3.63, 3.8) is 0 Å². The molecule has 0 aliphatic carbocycles. The molecule has 1 amide bonds. The molecule has 7 heteroatoms. The molecule has 0 unspecified atom stereocenters. The fourth-order valence-corrected chi connectivity index (χ4v) is 2.23. The van der Waals surface area contributed by atoms with Crippen LogP contribution >= 0.6 is 35.4 Å². The first kappa shape index (κ1) is 15.6. The smallest absolute Gasteiger partial charge is 0.250 e. The molecule has 1 heterocycles. The number of benzene rings is 1. The van der Waals surface area contributed by atoms with Gasteiger partial charge in [-0.3, -0.25) is 10.1 Å². The number of halogens is 2. The number of nitrogens with one attached hydrogen (secondary N) is 2. The summed E-state index contributed by atoms with van der Waals surface area (Å²) in [5, 5.41) is 6.40. The lowest BCUT2D eigenvalue weighted by atomic mass is 10.3. The van der Waals surface area contributed by atoms with Gasteiger partial charge in [0.25, 0.3) is 0 Å². The second-order valence-corrected chi connectivity index (χ2v) is 5.23. The molecule has 4 nitrogen and oxygen atoms in total. The monoisotopic (exact) mass is 340 g/mol. The van der Waals surface area contributed by atoms with Crippen molar-refractivity contribution in [3.8, 4) is 0 Å². The molecule has 2 N–H and O–H groups in total. The minimum atomic E-state index is -0.378. The van der Waals surface area contributed by atoms with Crippen LogP contribution in [0.1, 0.15) is 5.76 Å². The Morgan fingerprint density at radius 1 is 1.24 bits per heavy atom. The van der Waals surface area contributed by atoms with E-state index in [2.05, 4.69) is 10.6 Å². The Kier molecular flexibility index (Phi) is 5.38. The van der Waals surface area contributed by atoms with Gasteiger partial charge in [0.05, 0.1) is 6.26 Å². The zero-order valence-corrected chi connectivity index (χ0v) is 12.9. The van der Waals surface area contributed by atoms with Crippen LogP contribution < -0.4 is 10.6 Å². The van der Waals surface area contributed by atoms with E-state index in [0.717, 1.165) is 0 Å². The topological polar surface area (TPSA) is 54.3 Å². The summed E-state index contributed by atoms with van der Waals surface area (Å²) in [6.07, 6.45) is 4.37. The normalized spacial score (nSPS) is 10.6. The van der Waals surface area contributed by atoms with Gasteiger partial charge in [-0.2, -0.15) is 0 Å². The number of furan rings is 1. The first-order valence-corrected chi connectivity index (χ1v) is 6.99. The Morgan fingerprint density at radius 3 is 2.57 bits per heavy atom. The van der Waals surface area contributed by atoms with E-state index < -0.39 is 0 Å². The van der Waals surface area contributed by atoms with E-state index in [1.807, 2.05) is 0 Å². The highest BCUT2D eigenvalue weighted by atomic mass is 35.5. The molecule has 0 fully saturated rings. The summed E-state index contributed by atoms with van der Waals surface area (Å²) < 4.78 is 5.07. The van der Waals surface area contributed by atoms with Crippen molar-refractivity contribution in [3.05, 3.63) is 58.5 Å². The van der Waals surface area contributed by atoms with Gasteiger partial charge in [0, 0.05) is 21.8 Å². The molecule has 0 atom stereocenters. The molecular weight excluding hydrogens is 331 g/mol. The molecule has 1 aromatic carbocycles. The number of amides is 1. The molecular formula is C14H10Cl2N2O2S. The summed E-state index contributed by atoms with van der Waals surface area (Å²) >= 11 is 16.8. The van der Waals surface area contributed by atoms with Crippen LogP contribution in [0.4, 0.5) is 5.69 Å². The average molecular weight is 341 g/mol. The van der Waals surface area contributed by atoms with E-state index in [1.165, 1.54) is 18.4 Å². The van der Waals surface area contributed by atoms with Gasteiger partial charge >= 0.3 is 0 Å². The van der Waals surface area contributed by atoms with E-state index in [0.29, 0.717) is 21.5 Å². The molecule has 2 aromatic rings. The minimum Gasteiger partial charge on any atom is -0.465 e. The van der Waals surface area contributed by atoms with Crippen LogP contribution in [0.3, 0.4) is 0 Å². The molecule has 0 spiro atoms. The summed E-state index contributed by atoms with van der Waals surface area (Å²) in [7, 11) is 0. The minimum absolute atomic E-state index is 0.141. The van der Waals surface area contributed by atoms with Crippen LogP contribution in [-0.2, 0) is 4.79 Å². The van der Waals surface area contributed by atoms with E-state index in [4.69, 9.17) is 39.8 Å². The molecule has 0 radical (unpaired) electrons. The highest BCUT2D eigenvalue weighted by molar-refractivity contribution is 7.80. The van der Waals surface area contributed by atoms with Gasteiger partial charge in [-0.05, 0) is 48.6 Å². The van der Waals surface area contributed by atoms with Crippen LogP contribution in [0, 0.1) is 0 Å². The average Bonchev–Trinajstić information content (AvgIpc) is 2.87. The van der Waals surface area contributed by atoms with Crippen molar-refractivity contribution in [2.45, 2.75) is 0 Å². The van der Waals surface area contributed by atoms with E-state index >= 15 is 0 Å². The number of anilines is 1. The Morgan fingerprint density at radius 2 is 1.95 bits per heavy atom. The quantitative estimate of drug-likeness (QED) is 0.652. The fourth-order valence-electron chi connectivity index (χ4n) is 1.49. The highest BCUT2D eigenvalue weighted by Gasteiger charge is 2.03. The number of hydrogen-bond acceptors (Lipinski definition) is 3. The lowest BCUT2D eigenvalue weighted by Crippen LogP contribution is -2.32. The standard InChI is InChI=1S/C14H10Cl2N2O2S/c15-9-6-10(16)8-11(7-9)17-14(21)18-13(19)4-3-12-2-1-5-20-12/h1-8H,(H2,17,18,19,21). The maximum Gasteiger partial charge on any atom is 0.250 e. The number of rotatable bonds is 3. The van der Waals surface area contributed by atoms with Gasteiger partial charge in [-0.15, -0.1) is 0 Å². The largest absolute Gasteiger partial charge is 0.465 e. The van der Waals surface area contributed by atoms with E-state index in [1.54, 1.807) is 30.3 Å². The molecule has 0 aliphatic rings. The van der Waals surface area contributed by atoms with Gasteiger partial charge in [0.1, 0.15) is 5.76 Å². The van der Waals surface area contributed by atoms with Crippen molar-refractivity contribution in [1.82, 2.24) is 5.32 Å². The summed E-state index contributed by atoms with van der Waals surface area (Å²) in [6.45, 7) is 0. The maximum atomic E-state index is 11.7. The van der Waals surface area contributed by atoms with E-state index in [9.17, 15) is 4.79 Å². The van der Waals surface area contributed by atoms with Crippen molar-refractivity contribution in [2.24, 2.45) is 0 Å². The number of hydrogen-bond donors (Lipinski definition) is 2. The molecule has 0 aliphatic heterocycles. The Balaban J connectivity index is 1.90. The van der Waals surface area contributed by atoms with Crippen LogP contribution in [0.5, 0.6) is 0 Å². The molecule has 0 saturated carbocycles. The SMILES string of the molecule is O=C(C=Cc1ccco1)NC(=S)Nc1cc(Cl)cc(Cl)c1. The molecule has 1 aromatic heterocycles. The molecule has 108 valence electrons. The second kappa shape index (κ2) is 7.26. The summed E-state index contributed by atoms with van der Waals surface area (Å²) in [6, 6.07) is 8.35. The van der Waals surface area contributed by atoms with Crippen LogP contribution in [0.2, 0.25) is 10.0 Å². The first-order chi connectivity index (χ1) is 10.0. The highest BCUT2D eigenvalue weighted by Crippen LogP contribution is 2.22. The zero-order chi connectivity index (χ0) is 15.2. The van der Waals surface area contributed by atoms with Gasteiger partial charge in [0.15, 0.2) is 5.11 Å². The number of carbonyl (C=O) groups is 1. The molecule has 21 heavy (non-hydrogen) atoms. The first-order valence-electron chi connectivity index (χ1n) is 5.82. The van der Waals surface area contributed by atoms with E-state index in [-0.39, 0.29) is 11.0 Å². The number of thiocarbonyl (C=S) groups is 1. The molecule has 2 rings (SSSR count). The fraction of sp³-hybridized carbons (Fsp3) is 0. The Bertz CT molecular complexity index is 664. The van der Waals surface area contributed by atoms with Crippen molar-refractivity contribution < 1.29 is 9.21 Å². The number of carbonyl (C=O) groups excluding carboxylic acids is 1.